The summed E-state index contributed by atoms with van der Waals surface area (Å²) in [6.45, 7) is -1.40. The van der Waals surface area contributed by atoms with Gasteiger partial charge >= 0.3 is 71.1 Å². The fourth-order valence-electron chi connectivity index (χ4n) is 6.37. The van der Waals surface area contributed by atoms with E-state index >= 15 is 0 Å². The number of aliphatic carboxylic acids is 4. The number of benzene rings is 6. The number of rotatable bonds is 12. The van der Waals surface area contributed by atoms with Gasteiger partial charge in [0, 0.05) is 11.1 Å². The molecule has 6 aromatic carbocycles. The van der Waals surface area contributed by atoms with E-state index in [1.54, 1.807) is 33.4 Å². The van der Waals surface area contributed by atoms with Crippen LogP contribution in [-0.2, 0) is 32.3 Å². The molecular formula is C42H30N4Na2O10. The monoisotopic (exact) mass is 796 g/mol. The number of carbonyl (C=O) groups excluding carboxylic acids is 2. The van der Waals surface area contributed by atoms with Crippen molar-refractivity contribution in [3.8, 4) is 34.3 Å². The Morgan fingerprint density at radius 1 is 0.517 bits per heavy atom. The Morgan fingerprint density at radius 2 is 0.879 bits per heavy atom. The molecule has 0 bridgehead atoms. The smallest absolute Gasteiger partial charge is 0.548 e. The average molecular weight is 797 g/mol. The normalized spacial score (nSPS) is 10.6. The number of hydrogen-bond donors (Lipinski definition) is 2. The van der Waals surface area contributed by atoms with Gasteiger partial charge in [0.25, 0.3) is 0 Å². The van der Waals surface area contributed by atoms with Gasteiger partial charge in [0.15, 0.2) is 13.2 Å². The van der Waals surface area contributed by atoms with Crippen LogP contribution in [0.2, 0.25) is 0 Å². The summed E-state index contributed by atoms with van der Waals surface area (Å²) in [5.41, 5.74) is 4.39. The first kappa shape index (κ1) is 43.4. The molecule has 14 nitrogen and oxygen atoms in total. The van der Waals surface area contributed by atoms with E-state index in [-0.39, 0.29) is 72.2 Å². The second kappa shape index (κ2) is 19.1. The van der Waals surface area contributed by atoms with Gasteiger partial charge in [-0.25, -0.2) is 19.6 Å². The second-order valence-corrected chi connectivity index (χ2v) is 12.6. The average Bonchev–Trinajstić information content (AvgIpc) is 3.73. The van der Waals surface area contributed by atoms with E-state index in [2.05, 4.69) is 9.97 Å². The SMILES string of the molecule is O=C([O-])Cn1c(-c2ccc3cc(OCC(=O)O)ccc3c2)nc2ccccc21.O=C([O-])Cn1c(-c2ccc3cc(OCC(=O)O)ccc3c2)nc2ccccc21.[Na+].[Na+]. The number of carboxylic acid groups (broad SMARTS) is 4. The molecule has 280 valence electrons. The van der Waals surface area contributed by atoms with E-state index in [0.29, 0.717) is 34.2 Å². The van der Waals surface area contributed by atoms with Crippen LogP contribution < -0.4 is 78.8 Å². The van der Waals surface area contributed by atoms with Crippen LogP contribution in [0, 0.1) is 0 Å². The van der Waals surface area contributed by atoms with E-state index in [0.717, 1.165) is 43.7 Å². The molecule has 0 amide bonds. The van der Waals surface area contributed by atoms with Gasteiger partial charge in [-0.3, -0.25) is 0 Å². The zero-order chi connectivity index (χ0) is 39.3. The quantitative estimate of drug-likeness (QED) is 0.131. The Balaban J connectivity index is 0.000000214. The van der Waals surface area contributed by atoms with Gasteiger partial charge in [-0.1, -0.05) is 60.7 Å². The van der Waals surface area contributed by atoms with Crippen molar-refractivity contribution in [2.75, 3.05) is 13.2 Å². The topological polar surface area (TPSA) is 209 Å². The molecule has 8 rings (SSSR count). The van der Waals surface area contributed by atoms with Crippen molar-refractivity contribution in [2.24, 2.45) is 0 Å². The van der Waals surface area contributed by atoms with Gasteiger partial charge in [-0.05, 0) is 82.2 Å². The summed E-state index contributed by atoms with van der Waals surface area (Å²) >= 11 is 0. The van der Waals surface area contributed by atoms with Crippen LogP contribution in [0.15, 0.2) is 121 Å². The Bertz CT molecular complexity index is 2630. The Kier molecular flexibility index (Phi) is 14.3. The van der Waals surface area contributed by atoms with Crippen molar-refractivity contribution in [3.05, 3.63) is 121 Å². The van der Waals surface area contributed by atoms with Gasteiger partial charge in [0.2, 0.25) is 0 Å². The molecule has 2 heterocycles. The molecule has 0 saturated carbocycles. The largest absolute Gasteiger partial charge is 1.00 e. The molecule has 0 radical (unpaired) electrons. The molecule has 0 aliphatic rings. The summed E-state index contributed by atoms with van der Waals surface area (Å²) in [4.78, 5) is 52.9. The third-order valence-corrected chi connectivity index (χ3v) is 8.75. The van der Waals surface area contributed by atoms with Crippen LogP contribution in [0.25, 0.3) is 66.4 Å². The maximum absolute atomic E-state index is 11.2. The summed E-state index contributed by atoms with van der Waals surface area (Å²) in [6, 6.07) is 36.4. The van der Waals surface area contributed by atoms with Crippen LogP contribution >= 0.6 is 0 Å². The summed E-state index contributed by atoms with van der Waals surface area (Å²) in [6.07, 6.45) is 0. The van der Waals surface area contributed by atoms with Crippen molar-refractivity contribution in [1.29, 1.82) is 0 Å². The first-order valence-electron chi connectivity index (χ1n) is 17.1. The Morgan fingerprint density at radius 3 is 1.26 bits per heavy atom. The second-order valence-electron chi connectivity index (χ2n) is 12.6. The zero-order valence-corrected chi connectivity index (χ0v) is 35.3. The van der Waals surface area contributed by atoms with Crippen molar-refractivity contribution < 1.29 is 108 Å². The third-order valence-electron chi connectivity index (χ3n) is 8.75. The number of fused-ring (bicyclic) bond motifs is 4. The molecule has 0 fully saturated rings. The van der Waals surface area contributed by atoms with Gasteiger partial charge in [0.1, 0.15) is 23.1 Å². The number of para-hydroxylation sites is 4. The number of hydrogen-bond acceptors (Lipinski definition) is 10. The molecule has 8 aromatic rings. The predicted molar refractivity (Wildman–Crippen MR) is 202 cm³/mol. The number of carboxylic acids is 4. The van der Waals surface area contributed by atoms with Gasteiger partial charge in [-0.2, -0.15) is 0 Å². The maximum atomic E-state index is 11.2. The summed E-state index contributed by atoms with van der Waals surface area (Å²) in [5, 5.41) is 43.4. The Hall–Kier alpha value is -5.74. The summed E-state index contributed by atoms with van der Waals surface area (Å²) in [7, 11) is 0. The first-order valence-corrected chi connectivity index (χ1v) is 17.1. The van der Waals surface area contributed by atoms with Crippen LogP contribution in [0.5, 0.6) is 11.5 Å². The number of imidazole rings is 2. The molecule has 0 atom stereocenters. The third kappa shape index (κ3) is 10.0. The van der Waals surface area contributed by atoms with Crippen molar-refractivity contribution >= 4 is 67.5 Å². The van der Waals surface area contributed by atoms with Crippen LogP contribution in [0.1, 0.15) is 0 Å². The number of nitrogens with zero attached hydrogens (tertiary/aromatic N) is 4. The molecule has 2 aromatic heterocycles. The van der Waals surface area contributed by atoms with Crippen molar-refractivity contribution in [1.82, 2.24) is 19.1 Å². The van der Waals surface area contributed by atoms with E-state index in [1.807, 2.05) is 97.1 Å². The standard InChI is InChI=1S/2C21H16N2O5.2Na/c2*24-19(25)11-23-18-4-2-1-3-17(18)22-21(23)15-6-5-14-10-16(28-12-20(26)27)8-7-13(14)9-15;;/h2*1-10H,11-12H2,(H,24,25)(H,26,27);;/q;;2*+1/p-2. The zero-order valence-electron chi connectivity index (χ0n) is 31.3. The molecular weight excluding hydrogens is 766 g/mol. The Labute approximate surface area is 373 Å². The number of aromatic nitrogens is 4. The van der Waals surface area contributed by atoms with E-state index in [1.165, 1.54) is 0 Å². The fourth-order valence-corrected chi connectivity index (χ4v) is 6.37. The fraction of sp³-hybridized carbons (Fsp3) is 0.0952. The molecule has 0 aliphatic carbocycles. The minimum absolute atomic E-state index is 0. The van der Waals surface area contributed by atoms with E-state index < -0.39 is 37.1 Å². The van der Waals surface area contributed by atoms with E-state index in [4.69, 9.17) is 19.7 Å². The van der Waals surface area contributed by atoms with E-state index in [9.17, 15) is 29.4 Å². The van der Waals surface area contributed by atoms with Crippen LogP contribution in [0.3, 0.4) is 0 Å². The molecule has 0 spiro atoms. The number of carbonyl (C=O) groups is 4. The molecule has 2 N–H and O–H groups in total. The molecule has 0 unspecified atom stereocenters. The predicted octanol–water partition coefficient (Wildman–Crippen LogP) is -1.85. The van der Waals surface area contributed by atoms with Gasteiger partial charge in [0.05, 0.1) is 47.1 Å². The van der Waals surface area contributed by atoms with Crippen molar-refractivity contribution in [2.45, 2.75) is 13.1 Å². The molecule has 0 aliphatic heterocycles. The van der Waals surface area contributed by atoms with Crippen LogP contribution in [-0.4, -0.2) is 66.4 Å². The van der Waals surface area contributed by atoms with Gasteiger partial charge < -0.3 is 48.6 Å². The molecule has 0 saturated heterocycles. The summed E-state index contributed by atoms with van der Waals surface area (Å²) < 4.78 is 13.7. The molecule has 16 heteroatoms. The molecule has 58 heavy (non-hydrogen) atoms. The minimum atomic E-state index is -1.19. The van der Waals surface area contributed by atoms with Crippen LogP contribution in [0.4, 0.5) is 0 Å². The maximum Gasteiger partial charge on any atom is 1.00 e. The first-order chi connectivity index (χ1) is 27.0. The van der Waals surface area contributed by atoms with Crippen molar-refractivity contribution in [3.63, 3.8) is 0 Å². The number of ether oxygens (including phenoxy) is 2. The summed E-state index contributed by atoms with van der Waals surface area (Å²) in [5.74, 6) is -2.45. The van der Waals surface area contributed by atoms with Gasteiger partial charge in [-0.15, -0.1) is 0 Å². The minimum Gasteiger partial charge on any atom is -0.548 e.